The van der Waals surface area contributed by atoms with Gasteiger partial charge in [-0.2, -0.15) is 0 Å². The summed E-state index contributed by atoms with van der Waals surface area (Å²) >= 11 is 0. The lowest BCUT2D eigenvalue weighted by Crippen LogP contribution is -2.27. The van der Waals surface area contributed by atoms with Crippen LogP contribution in [0.3, 0.4) is 0 Å². The summed E-state index contributed by atoms with van der Waals surface area (Å²) in [6.07, 6.45) is 0.866. The lowest BCUT2D eigenvalue weighted by molar-refractivity contribution is -0.121. The monoisotopic (exact) mass is 320 g/mol. The molecule has 0 aliphatic rings. The summed E-state index contributed by atoms with van der Waals surface area (Å²) in [5.74, 6) is 0.793. The van der Waals surface area contributed by atoms with Crippen molar-refractivity contribution < 1.29 is 18.4 Å². The maximum absolute atomic E-state index is 13.4. The molecule has 1 aromatic carbocycles. The van der Waals surface area contributed by atoms with Crippen molar-refractivity contribution in [3.05, 3.63) is 46.6 Å². The molecule has 1 N–H and O–H groups in total. The molecule has 1 atom stereocenters. The summed E-state index contributed by atoms with van der Waals surface area (Å²) in [5, 5.41) is 6.73. The van der Waals surface area contributed by atoms with E-state index in [1.807, 2.05) is 13.8 Å². The quantitative estimate of drug-likeness (QED) is 0.887. The topological polar surface area (TPSA) is 64.4 Å². The summed E-state index contributed by atoms with van der Waals surface area (Å²) in [4.78, 5) is 12.1. The van der Waals surface area contributed by atoms with Crippen molar-refractivity contribution in [2.45, 2.75) is 39.7 Å². The standard InChI is InChI=1S/C17H21FN2O3/c1-10(15-9-13(18)5-7-16(15)22-4)19-17(21)8-6-14-11(2)20-23-12(14)3/h5,7,9-10H,6,8H2,1-4H3,(H,19,21). The van der Waals surface area contributed by atoms with Gasteiger partial charge < -0.3 is 14.6 Å². The lowest BCUT2D eigenvalue weighted by Gasteiger charge is -2.17. The van der Waals surface area contributed by atoms with Crippen molar-refractivity contribution >= 4 is 5.91 Å². The van der Waals surface area contributed by atoms with Crippen LogP contribution in [-0.4, -0.2) is 18.2 Å². The number of benzene rings is 1. The molecule has 0 spiro atoms. The van der Waals surface area contributed by atoms with Crippen molar-refractivity contribution in [3.8, 4) is 5.75 Å². The number of nitrogens with one attached hydrogen (secondary N) is 1. The molecule has 6 heteroatoms. The Balaban J connectivity index is 1.99. The Morgan fingerprint density at radius 2 is 2.17 bits per heavy atom. The Hall–Kier alpha value is -2.37. The van der Waals surface area contributed by atoms with E-state index in [1.54, 1.807) is 13.0 Å². The lowest BCUT2D eigenvalue weighted by atomic mass is 10.1. The van der Waals surface area contributed by atoms with Gasteiger partial charge in [0, 0.05) is 17.5 Å². The van der Waals surface area contributed by atoms with Gasteiger partial charge in [0.1, 0.15) is 17.3 Å². The fourth-order valence-corrected chi connectivity index (χ4v) is 2.53. The van der Waals surface area contributed by atoms with Crippen LogP contribution in [0.1, 0.15) is 42.0 Å². The van der Waals surface area contributed by atoms with Crippen molar-refractivity contribution in [1.82, 2.24) is 10.5 Å². The van der Waals surface area contributed by atoms with Crippen LogP contribution < -0.4 is 10.1 Å². The molecule has 0 radical (unpaired) electrons. The molecule has 0 saturated carbocycles. The third-order valence-corrected chi connectivity index (χ3v) is 3.82. The average Bonchev–Trinajstić information content (AvgIpc) is 2.83. The molecule has 1 heterocycles. The molecular weight excluding hydrogens is 299 g/mol. The van der Waals surface area contributed by atoms with Crippen molar-refractivity contribution in [1.29, 1.82) is 0 Å². The molecule has 0 aliphatic heterocycles. The molecule has 0 aliphatic carbocycles. The molecule has 2 rings (SSSR count). The summed E-state index contributed by atoms with van der Waals surface area (Å²) in [6.45, 7) is 5.47. The normalized spacial score (nSPS) is 12.0. The zero-order valence-corrected chi connectivity index (χ0v) is 13.8. The van der Waals surface area contributed by atoms with Gasteiger partial charge in [0.2, 0.25) is 5.91 Å². The van der Waals surface area contributed by atoms with E-state index in [0.29, 0.717) is 24.2 Å². The van der Waals surface area contributed by atoms with Crippen LogP contribution in [0.5, 0.6) is 5.75 Å². The van der Waals surface area contributed by atoms with Crippen molar-refractivity contribution in [2.75, 3.05) is 7.11 Å². The molecular formula is C17H21FN2O3. The number of methoxy groups -OCH3 is 1. The Bertz CT molecular complexity index is 678. The van der Waals surface area contributed by atoms with Gasteiger partial charge in [0.15, 0.2) is 0 Å². The van der Waals surface area contributed by atoms with E-state index in [1.165, 1.54) is 19.2 Å². The first-order chi connectivity index (χ1) is 10.9. The number of rotatable bonds is 6. The number of aromatic nitrogens is 1. The van der Waals surface area contributed by atoms with Crippen LogP contribution >= 0.6 is 0 Å². The highest BCUT2D eigenvalue weighted by Crippen LogP contribution is 2.26. The molecule has 2 aromatic rings. The van der Waals surface area contributed by atoms with Crippen LogP contribution in [0.25, 0.3) is 0 Å². The van der Waals surface area contributed by atoms with Gasteiger partial charge in [-0.15, -0.1) is 0 Å². The number of carbonyl (C=O) groups is 1. The first kappa shape index (κ1) is 17.0. The van der Waals surface area contributed by atoms with Crippen molar-refractivity contribution in [3.63, 3.8) is 0 Å². The number of hydrogen-bond acceptors (Lipinski definition) is 4. The minimum Gasteiger partial charge on any atom is -0.496 e. The highest BCUT2D eigenvalue weighted by atomic mass is 19.1. The minimum atomic E-state index is -0.363. The van der Waals surface area contributed by atoms with Crippen LogP contribution in [0.2, 0.25) is 0 Å². The molecule has 1 amide bonds. The summed E-state index contributed by atoms with van der Waals surface area (Å²) in [7, 11) is 1.52. The zero-order valence-electron chi connectivity index (χ0n) is 13.8. The highest BCUT2D eigenvalue weighted by Gasteiger charge is 2.16. The van der Waals surface area contributed by atoms with Crippen molar-refractivity contribution in [2.24, 2.45) is 0 Å². The number of carbonyl (C=O) groups excluding carboxylic acids is 1. The smallest absolute Gasteiger partial charge is 0.220 e. The van der Waals surface area contributed by atoms with E-state index in [4.69, 9.17) is 9.26 Å². The van der Waals surface area contributed by atoms with Gasteiger partial charge in [-0.3, -0.25) is 4.79 Å². The molecule has 0 fully saturated rings. The highest BCUT2D eigenvalue weighted by molar-refractivity contribution is 5.76. The van der Waals surface area contributed by atoms with Gasteiger partial charge in [-0.05, 0) is 45.4 Å². The van der Waals surface area contributed by atoms with Crippen LogP contribution in [-0.2, 0) is 11.2 Å². The number of hydrogen-bond donors (Lipinski definition) is 1. The average molecular weight is 320 g/mol. The largest absolute Gasteiger partial charge is 0.496 e. The fourth-order valence-electron chi connectivity index (χ4n) is 2.53. The van der Waals surface area contributed by atoms with E-state index in [9.17, 15) is 9.18 Å². The Morgan fingerprint density at radius 1 is 1.43 bits per heavy atom. The molecule has 124 valence electrons. The first-order valence-corrected chi connectivity index (χ1v) is 7.47. The Kier molecular flexibility index (Phi) is 5.36. The SMILES string of the molecule is COc1ccc(F)cc1C(C)NC(=O)CCc1c(C)noc1C. The number of nitrogens with zero attached hydrogens (tertiary/aromatic N) is 1. The first-order valence-electron chi connectivity index (χ1n) is 7.47. The number of amides is 1. The second kappa shape index (κ2) is 7.26. The zero-order chi connectivity index (χ0) is 17.0. The third-order valence-electron chi connectivity index (χ3n) is 3.82. The van der Waals surface area contributed by atoms with E-state index in [0.717, 1.165) is 17.0 Å². The van der Waals surface area contributed by atoms with E-state index in [2.05, 4.69) is 10.5 Å². The number of ether oxygens (including phenoxy) is 1. The second-order valence-electron chi connectivity index (χ2n) is 5.48. The molecule has 1 unspecified atom stereocenters. The maximum Gasteiger partial charge on any atom is 0.220 e. The molecule has 5 nitrogen and oxygen atoms in total. The molecule has 23 heavy (non-hydrogen) atoms. The van der Waals surface area contributed by atoms with Crippen LogP contribution in [0.4, 0.5) is 4.39 Å². The van der Waals surface area contributed by atoms with Gasteiger partial charge in [-0.25, -0.2) is 4.39 Å². The predicted octanol–water partition coefficient (Wildman–Crippen LogP) is 3.25. The summed E-state index contributed by atoms with van der Waals surface area (Å²) in [5.41, 5.74) is 2.37. The van der Waals surface area contributed by atoms with Crippen LogP contribution in [0.15, 0.2) is 22.7 Å². The number of aryl methyl sites for hydroxylation is 2. The fraction of sp³-hybridized carbons (Fsp3) is 0.412. The van der Waals surface area contributed by atoms with Crippen LogP contribution in [0, 0.1) is 19.7 Å². The number of halogens is 1. The summed E-state index contributed by atoms with van der Waals surface area (Å²) in [6, 6.07) is 3.90. The predicted molar refractivity (Wildman–Crippen MR) is 83.8 cm³/mol. The Morgan fingerprint density at radius 3 is 2.78 bits per heavy atom. The maximum atomic E-state index is 13.4. The molecule has 1 aromatic heterocycles. The Labute approximate surface area is 134 Å². The van der Waals surface area contributed by atoms with E-state index >= 15 is 0 Å². The third kappa shape index (κ3) is 4.09. The van der Waals surface area contributed by atoms with Gasteiger partial charge in [0.25, 0.3) is 0 Å². The molecule has 0 saturated heterocycles. The summed E-state index contributed by atoms with van der Waals surface area (Å²) < 4.78 is 23.7. The van der Waals surface area contributed by atoms with E-state index in [-0.39, 0.29) is 17.8 Å². The minimum absolute atomic E-state index is 0.121. The molecule has 0 bridgehead atoms. The van der Waals surface area contributed by atoms with E-state index < -0.39 is 0 Å². The second-order valence-corrected chi connectivity index (χ2v) is 5.48. The van der Waals surface area contributed by atoms with Gasteiger partial charge in [-0.1, -0.05) is 5.16 Å². The van der Waals surface area contributed by atoms with Gasteiger partial charge in [0.05, 0.1) is 18.8 Å². The van der Waals surface area contributed by atoms with Gasteiger partial charge >= 0.3 is 0 Å².